The molecular formula is C45H66Cl4FN11O6. The highest BCUT2D eigenvalue weighted by Crippen LogP contribution is 2.20. The van der Waals surface area contributed by atoms with Crippen LogP contribution in [0.5, 0.6) is 0 Å². The molecule has 0 saturated carbocycles. The van der Waals surface area contributed by atoms with Gasteiger partial charge in [-0.05, 0) is 130 Å². The SMILES string of the molecule is CCC(CCNc1ccc(N)cc1)Nc1ccc(N)cc1.CCC(CCNc1ccc([N+](=O)[O-])cc1)Nc1ccc([N+](=O)[O-])cc1.CCC(N)CCN.Cl.Cl.Cl.Cl.O=[N+]([O-])c1ccc(F)cc1. The molecule has 67 heavy (non-hydrogen) atoms. The highest BCUT2D eigenvalue weighted by Gasteiger charge is 2.10. The predicted octanol–water partition coefficient (Wildman–Crippen LogP) is 11.2. The highest BCUT2D eigenvalue weighted by atomic mass is 35.5. The Morgan fingerprint density at radius 1 is 0.493 bits per heavy atom. The van der Waals surface area contributed by atoms with Gasteiger partial charge in [-0.25, -0.2) is 4.39 Å². The van der Waals surface area contributed by atoms with E-state index in [-0.39, 0.29) is 72.7 Å². The summed E-state index contributed by atoms with van der Waals surface area (Å²) in [5.41, 5.74) is 27.6. The maximum Gasteiger partial charge on any atom is 0.269 e. The third-order valence-electron chi connectivity index (χ3n) is 9.45. The van der Waals surface area contributed by atoms with Crippen LogP contribution in [0.15, 0.2) is 121 Å². The van der Waals surface area contributed by atoms with Gasteiger partial charge in [-0.1, -0.05) is 20.8 Å². The van der Waals surface area contributed by atoms with Crippen LogP contribution in [-0.4, -0.2) is 52.5 Å². The van der Waals surface area contributed by atoms with E-state index in [0.29, 0.717) is 18.6 Å². The van der Waals surface area contributed by atoms with Gasteiger partial charge in [0, 0.05) is 102 Å². The number of nitro benzene ring substituents is 3. The van der Waals surface area contributed by atoms with Crippen LogP contribution in [0.1, 0.15) is 59.3 Å². The molecule has 0 heterocycles. The van der Waals surface area contributed by atoms with Crippen LogP contribution >= 0.6 is 49.6 Å². The minimum Gasteiger partial charge on any atom is -0.399 e. The molecule has 372 valence electrons. The number of rotatable bonds is 20. The number of nitrogen functional groups attached to an aromatic ring is 2. The topological polar surface area (TPSA) is 282 Å². The second-order valence-electron chi connectivity index (χ2n) is 14.3. The number of nitrogens with two attached hydrogens (primary N) is 4. The fraction of sp³-hybridized carbons (Fsp3) is 0.333. The van der Waals surface area contributed by atoms with E-state index >= 15 is 0 Å². The molecule has 0 amide bonds. The number of hydrogen-bond donors (Lipinski definition) is 8. The van der Waals surface area contributed by atoms with Crippen molar-refractivity contribution in [3.05, 3.63) is 157 Å². The van der Waals surface area contributed by atoms with Gasteiger partial charge in [0.25, 0.3) is 17.1 Å². The maximum absolute atomic E-state index is 12.1. The van der Waals surface area contributed by atoms with Crippen molar-refractivity contribution in [3.63, 3.8) is 0 Å². The van der Waals surface area contributed by atoms with Gasteiger partial charge in [0.1, 0.15) is 5.82 Å². The molecule has 12 N–H and O–H groups in total. The van der Waals surface area contributed by atoms with Gasteiger partial charge in [0.15, 0.2) is 0 Å². The lowest BCUT2D eigenvalue weighted by molar-refractivity contribution is -0.385. The van der Waals surface area contributed by atoms with Crippen LogP contribution in [0.3, 0.4) is 0 Å². The fourth-order valence-electron chi connectivity index (χ4n) is 5.55. The van der Waals surface area contributed by atoms with Crippen molar-refractivity contribution >= 4 is 101 Å². The first-order chi connectivity index (χ1) is 30.2. The van der Waals surface area contributed by atoms with Gasteiger partial charge >= 0.3 is 0 Å². The number of anilines is 6. The zero-order valence-corrected chi connectivity index (χ0v) is 41.0. The van der Waals surface area contributed by atoms with E-state index in [4.69, 9.17) is 22.9 Å². The first-order valence-electron chi connectivity index (χ1n) is 20.7. The second kappa shape index (κ2) is 37.2. The van der Waals surface area contributed by atoms with E-state index in [1.165, 1.54) is 24.3 Å². The Morgan fingerprint density at radius 2 is 0.791 bits per heavy atom. The smallest absolute Gasteiger partial charge is 0.269 e. The zero-order valence-electron chi connectivity index (χ0n) is 37.8. The van der Waals surface area contributed by atoms with Crippen molar-refractivity contribution in [3.8, 4) is 0 Å². The van der Waals surface area contributed by atoms with Crippen LogP contribution in [0.4, 0.5) is 55.6 Å². The third kappa shape index (κ3) is 28.0. The number of benzene rings is 5. The summed E-state index contributed by atoms with van der Waals surface area (Å²) in [5, 5.41) is 44.8. The van der Waals surface area contributed by atoms with Gasteiger partial charge in [0.05, 0.1) is 14.8 Å². The van der Waals surface area contributed by atoms with E-state index in [0.717, 1.165) is 110 Å². The molecule has 0 spiro atoms. The van der Waals surface area contributed by atoms with E-state index in [1.807, 2.05) is 48.5 Å². The largest absolute Gasteiger partial charge is 0.399 e. The van der Waals surface area contributed by atoms with Crippen molar-refractivity contribution in [2.24, 2.45) is 11.5 Å². The molecule has 3 unspecified atom stereocenters. The van der Waals surface area contributed by atoms with Crippen molar-refractivity contribution < 1.29 is 19.2 Å². The summed E-state index contributed by atoms with van der Waals surface area (Å²) in [6.45, 7) is 8.67. The van der Waals surface area contributed by atoms with Gasteiger partial charge in [-0.3, -0.25) is 30.3 Å². The quantitative estimate of drug-likeness (QED) is 0.0204. The molecular weight excluding hydrogens is 951 g/mol. The lowest BCUT2D eigenvalue weighted by atomic mass is 10.1. The molecule has 3 atom stereocenters. The predicted molar refractivity (Wildman–Crippen MR) is 284 cm³/mol. The highest BCUT2D eigenvalue weighted by molar-refractivity contribution is 5.86. The lowest BCUT2D eigenvalue weighted by Gasteiger charge is -2.19. The Labute approximate surface area is 416 Å². The van der Waals surface area contributed by atoms with E-state index in [2.05, 4.69) is 42.0 Å². The van der Waals surface area contributed by atoms with Crippen molar-refractivity contribution in [1.82, 2.24) is 0 Å². The summed E-state index contributed by atoms with van der Waals surface area (Å²) in [5.74, 6) is -0.467. The molecule has 0 radical (unpaired) electrons. The summed E-state index contributed by atoms with van der Waals surface area (Å²) < 4.78 is 12.1. The Morgan fingerprint density at radius 3 is 1.07 bits per heavy atom. The molecule has 5 aromatic rings. The molecule has 5 rings (SSSR count). The molecule has 5 aromatic carbocycles. The average molecular weight is 1020 g/mol. The monoisotopic (exact) mass is 1020 g/mol. The van der Waals surface area contributed by atoms with Crippen molar-refractivity contribution in [1.29, 1.82) is 0 Å². The zero-order chi connectivity index (χ0) is 46.6. The number of nitrogens with zero attached hydrogens (tertiary/aromatic N) is 3. The number of nitrogens with one attached hydrogen (secondary N) is 4. The van der Waals surface area contributed by atoms with Crippen LogP contribution in [0, 0.1) is 36.2 Å². The Hall–Kier alpha value is -5.89. The molecule has 0 fully saturated rings. The summed E-state index contributed by atoms with van der Waals surface area (Å²) >= 11 is 0. The number of non-ortho nitro benzene ring substituents is 3. The molecule has 0 aliphatic rings. The molecule has 17 nitrogen and oxygen atoms in total. The number of halogens is 5. The van der Waals surface area contributed by atoms with Crippen molar-refractivity contribution in [2.75, 3.05) is 52.4 Å². The Kier molecular flexibility index (Phi) is 36.3. The van der Waals surface area contributed by atoms with Gasteiger partial charge in [-0.2, -0.15) is 0 Å². The summed E-state index contributed by atoms with van der Waals surface area (Å²) in [7, 11) is 0. The summed E-state index contributed by atoms with van der Waals surface area (Å²) in [6, 6.07) is 33.7. The van der Waals surface area contributed by atoms with E-state index < -0.39 is 20.6 Å². The van der Waals surface area contributed by atoms with Gasteiger partial charge in [0.2, 0.25) is 0 Å². The minimum atomic E-state index is -0.570. The molecule has 0 aliphatic heterocycles. The molecule has 0 bridgehead atoms. The molecule has 0 aliphatic carbocycles. The van der Waals surface area contributed by atoms with Crippen molar-refractivity contribution in [2.45, 2.75) is 77.4 Å². The van der Waals surface area contributed by atoms with Crippen LogP contribution < -0.4 is 44.2 Å². The molecule has 0 saturated heterocycles. The van der Waals surface area contributed by atoms with Crippen LogP contribution in [0.2, 0.25) is 0 Å². The Bertz CT molecular complexity index is 2070. The number of hydrogen-bond acceptors (Lipinski definition) is 14. The average Bonchev–Trinajstić information content (AvgIpc) is 3.28. The van der Waals surface area contributed by atoms with Crippen LogP contribution in [-0.2, 0) is 0 Å². The molecule has 22 heteroatoms. The van der Waals surface area contributed by atoms with E-state index in [1.54, 1.807) is 24.3 Å². The third-order valence-corrected chi connectivity index (χ3v) is 9.45. The fourth-order valence-corrected chi connectivity index (χ4v) is 5.55. The van der Waals surface area contributed by atoms with Gasteiger partial charge < -0.3 is 44.2 Å². The van der Waals surface area contributed by atoms with Crippen LogP contribution in [0.25, 0.3) is 0 Å². The van der Waals surface area contributed by atoms with E-state index in [9.17, 15) is 34.7 Å². The summed E-state index contributed by atoms with van der Waals surface area (Å²) in [6.07, 6.45) is 5.86. The van der Waals surface area contributed by atoms with Gasteiger partial charge in [-0.15, -0.1) is 49.6 Å². The standard InChI is InChI=1S/C17H20N4O4.C17H24N4.C6H4FNO2.C5H14N2.4ClH/c1-2-13(19-15-5-9-17(10-6-15)21(24)25)11-12-18-14-3-7-16(8-4-14)20(22)23;1-2-15(21-17-9-5-14(19)6-10-17)11-12-20-16-7-3-13(18)4-8-16;7-5-1-3-6(4-2-5)8(9)10;1-2-5(7)3-4-6;;;;/h3-10,13,18-19H,2,11-12H2,1H3;3-10,15,20-21H,2,11-12,18-19H2,1H3;1-4H;5H,2-4,6-7H2,1H3;4*1H. The normalized spacial score (nSPS) is 10.9. The lowest BCUT2D eigenvalue weighted by Crippen LogP contribution is -2.22. The molecule has 0 aromatic heterocycles. The summed E-state index contributed by atoms with van der Waals surface area (Å²) in [4.78, 5) is 29.9. The maximum atomic E-state index is 12.1. The minimum absolute atomic E-state index is 0. The first-order valence-corrected chi connectivity index (χ1v) is 20.7. The number of nitro groups is 3. The first kappa shape index (κ1) is 65.4. The Balaban J connectivity index is -0.000000879. The second-order valence-corrected chi connectivity index (χ2v) is 14.3.